The second-order valence-electron chi connectivity index (χ2n) is 8.62. The summed E-state index contributed by atoms with van der Waals surface area (Å²) in [5.41, 5.74) is 1.04. The van der Waals surface area contributed by atoms with E-state index >= 15 is 0 Å². The zero-order chi connectivity index (χ0) is 21.1. The Kier molecular flexibility index (Phi) is 5.97. The van der Waals surface area contributed by atoms with E-state index in [1.54, 1.807) is 14.2 Å². The molecule has 1 saturated carbocycles. The minimum absolute atomic E-state index is 0.125. The summed E-state index contributed by atoms with van der Waals surface area (Å²) in [4.78, 5) is 15.4. The van der Waals surface area contributed by atoms with Crippen LogP contribution in [0, 0.1) is 5.41 Å². The van der Waals surface area contributed by atoms with Crippen LogP contribution in [0.2, 0.25) is 0 Å². The molecule has 1 aliphatic heterocycles. The molecule has 2 aliphatic rings. The second-order valence-corrected chi connectivity index (χ2v) is 8.62. The Morgan fingerprint density at radius 1 is 1.13 bits per heavy atom. The Bertz CT molecular complexity index is 866. The van der Waals surface area contributed by atoms with E-state index in [0.717, 1.165) is 43.9 Å². The molecule has 1 aliphatic carbocycles. The summed E-state index contributed by atoms with van der Waals surface area (Å²) >= 11 is 0. The number of likely N-dealkylation sites (tertiary alicyclic amines) is 1. The predicted molar refractivity (Wildman–Crippen MR) is 114 cm³/mol. The van der Waals surface area contributed by atoms with E-state index in [1.165, 1.54) is 19.3 Å². The van der Waals surface area contributed by atoms with Gasteiger partial charge in [0.25, 0.3) is 0 Å². The fourth-order valence-corrected chi connectivity index (χ4v) is 5.31. The molecule has 2 fully saturated rings. The molecule has 1 amide bonds. The van der Waals surface area contributed by atoms with E-state index < -0.39 is 0 Å². The smallest absolute Gasteiger partial charge is 0.227 e. The largest absolute Gasteiger partial charge is 0.497 e. The van der Waals surface area contributed by atoms with Gasteiger partial charge in [-0.25, -0.2) is 0 Å². The number of hydrogen-bond acceptors (Lipinski definition) is 5. The summed E-state index contributed by atoms with van der Waals surface area (Å²) in [5, 5.41) is 8.66. The van der Waals surface area contributed by atoms with Gasteiger partial charge in [0.1, 0.15) is 23.7 Å². The van der Waals surface area contributed by atoms with Gasteiger partial charge in [0.05, 0.1) is 20.6 Å². The molecule has 7 heteroatoms. The molecule has 0 radical (unpaired) electrons. The van der Waals surface area contributed by atoms with Crippen molar-refractivity contribution in [1.29, 1.82) is 0 Å². The van der Waals surface area contributed by atoms with Crippen LogP contribution >= 0.6 is 0 Å². The van der Waals surface area contributed by atoms with E-state index in [2.05, 4.69) is 26.6 Å². The summed E-state index contributed by atoms with van der Waals surface area (Å²) in [6.07, 6.45) is 8.22. The monoisotopic (exact) mass is 412 g/mol. The molecule has 1 unspecified atom stereocenters. The van der Waals surface area contributed by atoms with Gasteiger partial charge in [-0.05, 0) is 42.9 Å². The maximum atomic E-state index is 13.3. The number of carbonyl (C=O) groups excluding carboxylic acids is 1. The normalized spacial score (nSPS) is 20.5. The summed E-state index contributed by atoms with van der Waals surface area (Å²) in [6, 6.07) is 5.66. The Morgan fingerprint density at radius 3 is 2.47 bits per heavy atom. The Labute approximate surface area is 178 Å². The Balaban J connectivity index is 1.57. The topological polar surface area (TPSA) is 69.5 Å². The first-order valence-electron chi connectivity index (χ1n) is 11.0. The van der Waals surface area contributed by atoms with Gasteiger partial charge in [0.15, 0.2) is 0 Å². The predicted octanol–water partition coefficient (Wildman–Crippen LogP) is 3.43. The van der Waals surface area contributed by atoms with Gasteiger partial charge in [-0.2, -0.15) is 0 Å². The van der Waals surface area contributed by atoms with Crippen LogP contribution in [0.25, 0.3) is 0 Å². The van der Waals surface area contributed by atoms with Gasteiger partial charge in [-0.3, -0.25) is 4.79 Å². The summed E-state index contributed by atoms with van der Waals surface area (Å²) in [5.74, 6) is 2.86. The quantitative estimate of drug-likeness (QED) is 0.727. The van der Waals surface area contributed by atoms with Gasteiger partial charge in [-0.1, -0.05) is 19.3 Å². The highest BCUT2D eigenvalue weighted by Gasteiger charge is 2.50. The zero-order valence-corrected chi connectivity index (χ0v) is 18.3. The van der Waals surface area contributed by atoms with E-state index in [4.69, 9.17) is 9.47 Å². The average Bonchev–Trinajstić information content (AvgIpc) is 3.38. The molecule has 4 rings (SSSR count). The number of methoxy groups -OCH3 is 2. The number of hydrogen-bond donors (Lipinski definition) is 0. The highest BCUT2D eigenvalue weighted by Crippen LogP contribution is 2.51. The Hall–Kier alpha value is -2.57. The lowest BCUT2D eigenvalue weighted by Gasteiger charge is -2.37. The molecule has 1 aromatic heterocycles. The summed E-state index contributed by atoms with van der Waals surface area (Å²) in [6.45, 7) is 4.51. The van der Waals surface area contributed by atoms with E-state index in [-0.39, 0.29) is 17.2 Å². The van der Waals surface area contributed by atoms with Crippen LogP contribution in [0.5, 0.6) is 11.5 Å². The van der Waals surface area contributed by atoms with Gasteiger partial charge in [0, 0.05) is 31.6 Å². The van der Waals surface area contributed by atoms with Crippen LogP contribution in [0.1, 0.15) is 56.3 Å². The lowest BCUT2D eigenvalue weighted by Crippen LogP contribution is -2.35. The molecule has 1 spiro atoms. The highest BCUT2D eigenvalue weighted by molar-refractivity contribution is 5.79. The molecule has 0 bridgehead atoms. The van der Waals surface area contributed by atoms with Crippen molar-refractivity contribution in [3.8, 4) is 11.5 Å². The third-order valence-electron chi connectivity index (χ3n) is 6.91. The number of nitrogens with zero attached hydrogens (tertiary/aromatic N) is 4. The highest BCUT2D eigenvalue weighted by atomic mass is 16.5. The van der Waals surface area contributed by atoms with Crippen molar-refractivity contribution in [2.24, 2.45) is 5.41 Å². The summed E-state index contributed by atoms with van der Waals surface area (Å²) in [7, 11) is 3.25. The number of rotatable bonds is 6. The van der Waals surface area contributed by atoms with Crippen molar-refractivity contribution >= 4 is 5.91 Å². The third-order valence-corrected chi connectivity index (χ3v) is 6.91. The minimum atomic E-state index is 0.125. The van der Waals surface area contributed by atoms with Crippen molar-refractivity contribution in [1.82, 2.24) is 19.7 Å². The second kappa shape index (κ2) is 8.66. The number of benzene rings is 1. The van der Waals surface area contributed by atoms with Gasteiger partial charge < -0.3 is 18.9 Å². The van der Waals surface area contributed by atoms with Crippen LogP contribution in [-0.2, 0) is 17.8 Å². The molecular weight excluding hydrogens is 380 g/mol. The minimum Gasteiger partial charge on any atom is -0.497 e. The van der Waals surface area contributed by atoms with Gasteiger partial charge in [0.2, 0.25) is 5.91 Å². The molecule has 1 atom stereocenters. The fraction of sp³-hybridized carbons (Fsp3) is 0.609. The number of ether oxygens (including phenoxy) is 2. The van der Waals surface area contributed by atoms with Crippen molar-refractivity contribution < 1.29 is 14.3 Å². The van der Waals surface area contributed by atoms with E-state index in [9.17, 15) is 4.79 Å². The van der Waals surface area contributed by atoms with Crippen molar-refractivity contribution in [2.75, 3.05) is 27.3 Å². The van der Waals surface area contributed by atoms with Crippen molar-refractivity contribution in [3.63, 3.8) is 0 Å². The Morgan fingerprint density at radius 2 is 1.83 bits per heavy atom. The van der Waals surface area contributed by atoms with Gasteiger partial charge >= 0.3 is 0 Å². The van der Waals surface area contributed by atoms with E-state index in [0.29, 0.717) is 17.9 Å². The standard InChI is InChI=1S/C23H32N4O3/c1-4-26-16-24-25-22(26)20-14-27(15-23(20)8-6-5-7-9-23)21(28)12-17-10-18(29-2)13-19(11-17)30-3/h10-11,13,16,20H,4-9,12,14-15H2,1-3H3. The zero-order valence-electron chi connectivity index (χ0n) is 18.3. The molecule has 7 nitrogen and oxygen atoms in total. The molecule has 0 N–H and O–H groups in total. The molecule has 1 saturated heterocycles. The maximum Gasteiger partial charge on any atom is 0.227 e. The van der Waals surface area contributed by atoms with Crippen LogP contribution in [0.4, 0.5) is 0 Å². The first kappa shape index (κ1) is 20.7. The van der Waals surface area contributed by atoms with Gasteiger partial charge in [-0.15, -0.1) is 10.2 Å². The third kappa shape index (κ3) is 3.89. The lowest BCUT2D eigenvalue weighted by molar-refractivity contribution is -0.129. The molecule has 162 valence electrons. The maximum absolute atomic E-state index is 13.3. The lowest BCUT2D eigenvalue weighted by atomic mass is 9.67. The molecular formula is C23H32N4O3. The number of carbonyl (C=O) groups is 1. The van der Waals surface area contributed by atoms with Crippen molar-refractivity contribution in [2.45, 2.75) is 57.9 Å². The molecule has 2 aromatic rings. The molecule has 2 heterocycles. The van der Waals surface area contributed by atoms with Crippen LogP contribution in [0.15, 0.2) is 24.5 Å². The average molecular weight is 413 g/mol. The number of aryl methyl sites for hydroxylation is 1. The molecule has 30 heavy (non-hydrogen) atoms. The van der Waals surface area contributed by atoms with Crippen molar-refractivity contribution in [3.05, 3.63) is 35.9 Å². The fourth-order valence-electron chi connectivity index (χ4n) is 5.31. The van der Waals surface area contributed by atoms with Crippen LogP contribution in [0.3, 0.4) is 0 Å². The van der Waals surface area contributed by atoms with Crippen LogP contribution in [-0.4, -0.2) is 52.9 Å². The summed E-state index contributed by atoms with van der Waals surface area (Å²) < 4.78 is 12.9. The van der Waals surface area contributed by atoms with E-state index in [1.807, 2.05) is 24.5 Å². The van der Waals surface area contributed by atoms with Crippen LogP contribution < -0.4 is 9.47 Å². The molecule has 1 aromatic carbocycles. The SMILES string of the molecule is CCn1cnnc1C1CN(C(=O)Cc2cc(OC)cc(OC)c2)CC12CCCCC2. The number of aromatic nitrogens is 3. The number of amides is 1. The first-order chi connectivity index (χ1) is 14.6. The first-order valence-corrected chi connectivity index (χ1v) is 11.0.